The van der Waals surface area contributed by atoms with Gasteiger partial charge in [-0.1, -0.05) is 24.3 Å². The maximum absolute atomic E-state index is 12.6. The number of hydrogen-bond acceptors (Lipinski definition) is 3. The molecule has 3 rings (SSSR count). The van der Waals surface area contributed by atoms with Gasteiger partial charge in [0.15, 0.2) is 0 Å². The quantitative estimate of drug-likeness (QED) is 0.864. The van der Waals surface area contributed by atoms with Crippen molar-refractivity contribution in [1.29, 1.82) is 0 Å². The van der Waals surface area contributed by atoms with E-state index in [1.165, 1.54) is 0 Å². The summed E-state index contributed by atoms with van der Waals surface area (Å²) < 4.78 is 0. The van der Waals surface area contributed by atoms with Crippen molar-refractivity contribution >= 4 is 23.5 Å². The van der Waals surface area contributed by atoms with Crippen LogP contribution in [0.3, 0.4) is 0 Å². The Labute approximate surface area is 126 Å². The maximum Gasteiger partial charge on any atom is 0.338 e. The summed E-state index contributed by atoms with van der Waals surface area (Å²) >= 11 is 0. The third kappa shape index (κ3) is 1.83. The summed E-state index contributed by atoms with van der Waals surface area (Å²) in [5.41, 5.74) is 1.80. The number of benzene rings is 2. The SMILES string of the molecule is Cc1ccc(C)c(N2C(=O)c3ccccc3C2=O)c1C(=O)O. The van der Waals surface area contributed by atoms with E-state index in [0.717, 1.165) is 4.90 Å². The summed E-state index contributed by atoms with van der Waals surface area (Å²) in [4.78, 5) is 37.7. The van der Waals surface area contributed by atoms with Crippen LogP contribution in [0.15, 0.2) is 36.4 Å². The third-order valence-corrected chi connectivity index (χ3v) is 3.82. The predicted octanol–water partition coefficient (Wildman–Crippen LogP) is 2.80. The Morgan fingerprint density at radius 2 is 1.41 bits per heavy atom. The number of anilines is 1. The molecule has 0 unspecified atom stereocenters. The van der Waals surface area contributed by atoms with Crippen molar-refractivity contribution in [2.24, 2.45) is 0 Å². The van der Waals surface area contributed by atoms with Crippen LogP contribution >= 0.6 is 0 Å². The second-order valence-electron chi connectivity index (χ2n) is 5.22. The second-order valence-corrected chi connectivity index (χ2v) is 5.22. The molecule has 1 aliphatic heterocycles. The van der Waals surface area contributed by atoms with Crippen LogP contribution < -0.4 is 4.90 Å². The molecule has 2 aromatic carbocycles. The topological polar surface area (TPSA) is 74.7 Å². The van der Waals surface area contributed by atoms with Crippen LogP contribution in [-0.2, 0) is 0 Å². The molecule has 5 heteroatoms. The molecule has 2 aromatic rings. The van der Waals surface area contributed by atoms with E-state index < -0.39 is 17.8 Å². The first kappa shape index (κ1) is 14.0. The van der Waals surface area contributed by atoms with Gasteiger partial charge in [0, 0.05) is 0 Å². The molecule has 0 fully saturated rings. The largest absolute Gasteiger partial charge is 0.478 e. The van der Waals surface area contributed by atoms with Gasteiger partial charge in [-0.3, -0.25) is 9.59 Å². The number of aromatic carboxylic acids is 1. The predicted molar refractivity (Wildman–Crippen MR) is 80.5 cm³/mol. The lowest BCUT2D eigenvalue weighted by molar-refractivity contribution is 0.0697. The number of carbonyl (C=O) groups is 3. The molecule has 0 saturated carbocycles. The fourth-order valence-corrected chi connectivity index (χ4v) is 2.75. The number of aryl methyl sites for hydroxylation is 2. The molecule has 22 heavy (non-hydrogen) atoms. The molecule has 0 atom stereocenters. The Morgan fingerprint density at radius 1 is 0.909 bits per heavy atom. The van der Waals surface area contributed by atoms with Crippen molar-refractivity contribution in [3.63, 3.8) is 0 Å². The summed E-state index contributed by atoms with van der Waals surface area (Å²) in [5.74, 6) is -2.14. The minimum Gasteiger partial charge on any atom is -0.478 e. The molecule has 110 valence electrons. The van der Waals surface area contributed by atoms with E-state index in [1.807, 2.05) is 0 Å². The van der Waals surface area contributed by atoms with E-state index in [2.05, 4.69) is 0 Å². The first-order valence-electron chi connectivity index (χ1n) is 6.74. The summed E-state index contributed by atoms with van der Waals surface area (Å²) in [6.07, 6.45) is 0. The molecule has 1 heterocycles. The van der Waals surface area contributed by atoms with E-state index in [0.29, 0.717) is 22.3 Å². The molecule has 1 N–H and O–H groups in total. The molecule has 0 spiro atoms. The van der Waals surface area contributed by atoms with Crippen molar-refractivity contribution in [3.8, 4) is 0 Å². The Balaban J connectivity index is 2.27. The number of hydrogen-bond donors (Lipinski definition) is 1. The minimum absolute atomic E-state index is 0.0190. The highest BCUT2D eigenvalue weighted by Crippen LogP contribution is 2.34. The van der Waals surface area contributed by atoms with E-state index in [-0.39, 0.29) is 11.3 Å². The highest BCUT2D eigenvalue weighted by molar-refractivity contribution is 6.35. The van der Waals surface area contributed by atoms with Gasteiger partial charge < -0.3 is 5.11 Å². The average molecular weight is 295 g/mol. The van der Waals surface area contributed by atoms with Crippen molar-refractivity contribution in [2.45, 2.75) is 13.8 Å². The van der Waals surface area contributed by atoms with Crippen LogP contribution in [0.2, 0.25) is 0 Å². The van der Waals surface area contributed by atoms with Gasteiger partial charge in [-0.25, -0.2) is 9.69 Å². The molecular weight excluding hydrogens is 282 g/mol. The molecule has 1 aliphatic rings. The monoisotopic (exact) mass is 295 g/mol. The smallest absolute Gasteiger partial charge is 0.338 e. The van der Waals surface area contributed by atoms with Crippen LogP contribution in [0.4, 0.5) is 5.69 Å². The number of imide groups is 1. The summed E-state index contributed by atoms with van der Waals surface area (Å²) in [6.45, 7) is 3.33. The zero-order valence-corrected chi connectivity index (χ0v) is 12.1. The van der Waals surface area contributed by atoms with E-state index in [4.69, 9.17) is 0 Å². The Hall–Kier alpha value is -2.95. The molecule has 5 nitrogen and oxygen atoms in total. The molecule has 0 aromatic heterocycles. The third-order valence-electron chi connectivity index (χ3n) is 3.82. The Morgan fingerprint density at radius 3 is 1.91 bits per heavy atom. The van der Waals surface area contributed by atoms with Gasteiger partial charge in [-0.15, -0.1) is 0 Å². The lowest BCUT2D eigenvalue weighted by Crippen LogP contribution is -2.32. The number of fused-ring (bicyclic) bond motifs is 1. The van der Waals surface area contributed by atoms with Gasteiger partial charge in [0.1, 0.15) is 0 Å². The molecule has 0 aliphatic carbocycles. The number of amides is 2. The Bertz CT molecular complexity index is 804. The number of rotatable bonds is 2. The molecular formula is C17H13NO4. The van der Waals surface area contributed by atoms with E-state index in [9.17, 15) is 19.5 Å². The van der Waals surface area contributed by atoms with Gasteiger partial charge in [-0.05, 0) is 37.1 Å². The summed E-state index contributed by atoms with van der Waals surface area (Å²) in [6, 6.07) is 9.87. The zero-order valence-electron chi connectivity index (χ0n) is 12.1. The van der Waals surface area contributed by atoms with Gasteiger partial charge in [0.2, 0.25) is 0 Å². The van der Waals surface area contributed by atoms with E-state index in [1.54, 1.807) is 50.2 Å². The average Bonchev–Trinajstić information content (AvgIpc) is 2.73. The lowest BCUT2D eigenvalue weighted by Gasteiger charge is -2.20. The van der Waals surface area contributed by atoms with Gasteiger partial charge in [-0.2, -0.15) is 0 Å². The first-order valence-corrected chi connectivity index (χ1v) is 6.74. The van der Waals surface area contributed by atoms with Crippen LogP contribution in [0.5, 0.6) is 0 Å². The number of carboxylic acids is 1. The van der Waals surface area contributed by atoms with Crippen molar-refractivity contribution in [2.75, 3.05) is 4.90 Å². The summed E-state index contributed by atoms with van der Waals surface area (Å²) in [7, 11) is 0. The standard InChI is InChI=1S/C17H13NO4/c1-9-7-8-10(2)14(13(9)17(21)22)18-15(19)11-5-3-4-6-12(11)16(18)20/h3-8H,1-2H3,(H,21,22). The lowest BCUT2D eigenvalue weighted by atomic mass is 10.0. The van der Waals surface area contributed by atoms with Gasteiger partial charge >= 0.3 is 5.97 Å². The first-order chi connectivity index (χ1) is 10.4. The van der Waals surface area contributed by atoms with Crippen LogP contribution in [0, 0.1) is 13.8 Å². The molecule has 0 bridgehead atoms. The van der Waals surface area contributed by atoms with Crippen LogP contribution in [0.1, 0.15) is 42.2 Å². The zero-order chi connectivity index (χ0) is 16.0. The Kier molecular flexibility index (Phi) is 3.06. The van der Waals surface area contributed by atoms with Crippen LogP contribution in [-0.4, -0.2) is 22.9 Å². The maximum atomic E-state index is 12.6. The minimum atomic E-state index is -1.16. The van der Waals surface area contributed by atoms with E-state index >= 15 is 0 Å². The number of carbonyl (C=O) groups excluding carboxylic acids is 2. The fourth-order valence-electron chi connectivity index (χ4n) is 2.75. The summed E-state index contributed by atoms with van der Waals surface area (Å²) in [5, 5.41) is 9.47. The normalized spacial score (nSPS) is 13.5. The van der Waals surface area contributed by atoms with Crippen molar-refractivity contribution in [1.82, 2.24) is 0 Å². The molecule has 0 radical (unpaired) electrons. The van der Waals surface area contributed by atoms with Gasteiger partial charge in [0.05, 0.1) is 22.4 Å². The van der Waals surface area contributed by atoms with Crippen molar-refractivity contribution in [3.05, 3.63) is 64.2 Å². The number of nitrogens with zero attached hydrogens (tertiary/aromatic N) is 1. The highest BCUT2D eigenvalue weighted by atomic mass is 16.4. The second kappa shape index (κ2) is 4.80. The van der Waals surface area contributed by atoms with Crippen LogP contribution in [0.25, 0.3) is 0 Å². The molecule has 0 saturated heterocycles. The van der Waals surface area contributed by atoms with Gasteiger partial charge in [0.25, 0.3) is 11.8 Å². The molecule has 2 amide bonds. The van der Waals surface area contributed by atoms with Crippen molar-refractivity contribution < 1.29 is 19.5 Å². The number of carboxylic acid groups (broad SMARTS) is 1. The fraction of sp³-hybridized carbons (Fsp3) is 0.118. The highest BCUT2D eigenvalue weighted by Gasteiger charge is 2.39.